The van der Waals surface area contributed by atoms with Gasteiger partial charge in [-0.25, -0.2) is 19.6 Å². The van der Waals surface area contributed by atoms with Crippen molar-refractivity contribution in [2.45, 2.75) is 36.6 Å². The van der Waals surface area contributed by atoms with Gasteiger partial charge < -0.3 is 5.32 Å². The summed E-state index contributed by atoms with van der Waals surface area (Å²) in [7, 11) is 1.52. The fourth-order valence-corrected chi connectivity index (χ4v) is 3.87. The molecule has 4 rings (SSSR count). The predicted molar refractivity (Wildman–Crippen MR) is 106 cm³/mol. The van der Waals surface area contributed by atoms with Gasteiger partial charge in [-0.2, -0.15) is 4.39 Å². The summed E-state index contributed by atoms with van der Waals surface area (Å²) < 4.78 is 15.0. The molecule has 1 saturated carbocycles. The van der Waals surface area contributed by atoms with Crippen LogP contribution in [0.15, 0.2) is 35.6 Å². The number of nitrogens with zero attached hydrogens (tertiary/aromatic N) is 6. The number of aryl methyl sites for hydroxylation is 1. The van der Waals surface area contributed by atoms with Gasteiger partial charge in [-0.1, -0.05) is 5.21 Å². The Morgan fingerprint density at radius 2 is 2.00 bits per heavy atom. The second-order valence-corrected chi connectivity index (χ2v) is 7.93. The molecule has 1 N–H and O–H groups in total. The highest BCUT2D eigenvalue weighted by Crippen LogP contribution is 2.30. The van der Waals surface area contributed by atoms with Crippen LogP contribution in [-0.4, -0.2) is 42.2 Å². The summed E-state index contributed by atoms with van der Waals surface area (Å²) in [5, 5.41) is 11.0. The lowest BCUT2D eigenvalue weighted by molar-refractivity contribution is 0.502. The maximum atomic E-state index is 13.9. The van der Waals surface area contributed by atoms with Crippen LogP contribution < -0.4 is 5.32 Å². The maximum Gasteiger partial charge on any atom is 0.239 e. The number of pyridine rings is 1. The minimum absolute atomic E-state index is 0.218. The molecule has 28 heavy (non-hydrogen) atoms. The van der Waals surface area contributed by atoms with Gasteiger partial charge >= 0.3 is 0 Å². The third-order valence-corrected chi connectivity index (χ3v) is 5.76. The van der Waals surface area contributed by atoms with Crippen molar-refractivity contribution in [3.63, 3.8) is 0 Å². The Bertz CT molecular complexity index is 926. The van der Waals surface area contributed by atoms with Gasteiger partial charge in [0.1, 0.15) is 11.6 Å². The lowest BCUT2D eigenvalue weighted by atomic mass is 10.0. The van der Waals surface area contributed by atoms with E-state index < -0.39 is 5.95 Å². The minimum atomic E-state index is -0.464. The topological polar surface area (TPSA) is 81.4 Å². The largest absolute Gasteiger partial charge is 0.367 e. The molecule has 1 aliphatic rings. The van der Waals surface area contributed by atoms with Crippen molar-refractivity contribution in [1.29, 1.82) is 0 Å². The summed E-state index contributed by atoms with van der Waals surface area (Å²) in [5.41, 5.74) is 0.834. The van der Waals surface area contributed by atoms with Crippen molar-refractivity contribution in [3.8, 4) is 11.3 Å². The predicted octanol–water partition coefficient (Wildman–Crippen LogP) is 3.35. The first-order valence-corrected chi connectivity index (χ1v) is 10.5. The molecular formula is C19H22FN7S. The molecule has 0 aliphatic heterocycles. The van der Waals surface area contributed by atoms with Crippen molar-refractivity contribution in [2.75, 3.05) is 11.6 Å². The van der Waals surface area contributed by atoms with Crippen LogP contribution in [0.25, 0.3) is 11.3 Å². The third kappa shape index (κ3) is 4.14. The SMILES string of the molecule is CSc1cnc(C[C@H]2CC[C@H](Nc3ccc(-c4nnn(C)c4F)cn3)C2)nc1. The summed E-state index contributed by atoms with van der Waals surface area (Å²) >= 11 is 1.65. The molecule has 0 bridgehead atoms. The van der Waals surface area contributed by atoms with Gasteiger partial charge in [-0.05, 0) is 43.6 Å². The Morgan fingerprint density at radius 3 is 2.64 bits per heavy atom. The number of hydrogen-bond donors (Lipinski definition) is 1. The van der Waals surface area contributed by atoms with Crippen molar-refractivity contribution in [3.05, 3.63) is 42.5 Å². The van der Waals surface area contributed by atoms with Gasteiger partial charge in [0.05, 0.1) is 0 Å². The first-order valence-electron chi connectivity index (χ1n) is 9.25. The van der Waals surface area contributed by atoms with E-state index in [9.17, 15) is 4.39 Å². The first kappa shape index (κ1) is 18.8. The lowest BCUT2D eigenvalue weighted by Crippen LogP contribution is -2.17. The quantitative estimate of drug-likeness (QED) is 0.637. The zero-order valence-electron chi connectivity index (χ0n) is 15.8. The highest BCUT2D eigenvalue weighted by molar-refractivity contribution is 7.98. The fourth-order valence-electron chi connectivity index (χ4n) is 3.55. The number of anilines is 1. The monoisotopic (exact) mass is 399 g/mol. The van der Waals surface area contributed by atoms with Crippen LogP contribution in [0, 0.1) is 11.9 Å². The normalized spacial score (nSPS) is 19.1. The zero-order valence-corrected chi connectivity index (χ0v) is 16.7. The highest BCUT2D eigenvalue weighted by atomic mass is 32.2. The summed E-state index contributed by atoms with van der Waals surface area (Å²) in [6.45, 7) is 0. The molecule has 0 aromatic carbocycles. The number of rotatable bonds is 6. The fraction of sp³-hybridized carbons (Fsp3) is 0.421. The average Bonchev–Trinajstić information content (AvgIpc) is 3.30. The molecule has 9 heteroatoms. The molecule has 0 amide bonds. The number of nitrogens with one attached hydrogen (secondary N) is 1. The van der Waals surface area contributed by atoms with E-state index in [4.69, 9.17) is 0 Å². The Kier molecular flexibility index (Phi) is 5.52. The molecule has 0 radical (unpaired) electrons. The molecule has 7 nitrogen and oxygen atoms in total. The number of hydrogen-bond acceptors (Lipinski definition) is 7. The second kappa shape index (κ2) is 8.22. The van der Waals surface area contributed by atoms with E-state index in [-0.39, 0.29) is 5.69 Å². The molecule has 0 spiro atoms. The lowest BCUT2D eigenvalue weighted by Gasteiger charge is -2.14. The van der Waals surface area contributed by atoms with Crippen molar-refractivity contribution >= 4 is 17.6 Å². The van der Waals surface area contributed by atoms with E-state index in [1.54, 1.807) is 18.0 Å². The molecule has 146 valence electrons. The smallest absolute Gasteiger partial charge is 0.239 e. The Morgan fingerprint density at radius 1 is 1.18 bits per heavy atom. The van der Waals surface area contributed by atoms with Crippen LogP contribution in [0.5, 0.6) is 0 Å². The van der Waals surface area contributed by atoms with Crippen molar-refractivity contribution < 1.29 is 4.39 Å². The zero-order chi connectivity index (χ0) is 19.5. The van der Waals surface area contributed by atoms with E-state index in [1.165, 1.54) is 7.05 Å². The Labute approximate surface area is 167 Å². The van der Waals surface area contributed by atoms with Gasteiger partial charge in [0, 0.05) is 48.6 Å². The standard InChI is InChI=1S/C19H22FN7S/c1-27-19(20)18(25-26-27)13-4-6-16(21-9-13)24-14-5-3-12(7-14)8-17-22-10-15(28-2)11-23-17/h4,6,9-12,14H,3,5,7-8H2,1-2H3,(H,21,24)/t12-,14-/m0/s1. The summed E-state index contributed by atoms with van der Waals surface area (Å²) in [5.74, 6) is 1.82. The van der Waals surface area contributed by atoms with Crippen LogP contribution in [0.1, 0.15) is 25.1 Å². The summed E-state index contributed by atoms with van der Waals surface area (Å²) in [6.07, 6.45) is 11.6. The van der Waals surface area contributed by atoms with E-state index in [2.05, 4.69) is 30.6 Å². The van der Waals surface area contributed by atoms with Gasteiger partial charge in [-0.15, -0.1) is 16.9 Å². The van der Waals surface area contributed by atoms with E-state index >= 15 is 0 Å². The molecule has 0 unspecified atom stereocenters. The molecule has 1 aliphatic carbocycles. The van der Waals surface area contributed by atoms with Crippen molar-refractivity contribution in [1.82, 2.24) is 29.9 Å². The van der Waals surface area contributed by atoms with Gasteiger partial charge in [0.15, 0.2) is 5.69 Å². The molecule has 3 heterocycles. The molecule has 2 atom stereocenters. The Hall–Kier alpha value is -2.55. The van der Waals surface area contributed by atoms with Crippen molar-refractivity contribution in [2.24, 2.45) is 13.0 Å². The molecule has 1 fully saturated rings. The van der Waals surface area contributed by atoms with Crippen LogP contribution >= 0.6 is 11.8 Å². The molecule has 3 aromatic rings. The van der Waals surface area contributed by atoms with Crippen LogP contribution in [0.2, 0.25) is 0 Å². The second-order valence-electron chi connectivity index (χ2n) is 7.05. The molecule has 0 saturated heterocycles. The Balaban J connectivity index is 1.33. The minimum Gasteiger partial charge on any atom is -0.367 e. The number of halogens is 1. The van der Waals surface area contributed by atoms with Gasteiger partial charge in [0.25, 0.3) is 0 Å². The first-order chi connectivity index (χ1) is 13.6. The maximum absolute atomic E-state index is 13.9. The average molecular weight is 399 g/mol. The van der Waals surface area contributed by atoms with E-state index in [0.29, 0.717) is 17.5 Å². The summed E-state index contributed by atoms with van der Waals surface area (Å²) in [6, 6.07) is 4.05. The number of thioether (sulfide) groups is 1. The van der Waals surface area contributed by atoms with E-state index in [0.717, 1.165) is 46.9 Å². The van der Waals surface area contributed by atoms with Crippen LogP contribution in [0.4, 0.5) is 10.2 Å². The van der Waals surface area contributed by atoms with Crippen LogP contribution in [-0.2, 0) is 13.5 Å². The third-order valence-electron chi connectivity index (χ3n) is 5.08. The molecular weight excluding hydrogens is 377 g/mol. The number of aromatic nitrogens is 6. The van der Waals surface area contributed by atoms with Gasteiger partial charge in [0.2, 0.25) is 5.95 Å². The van der Waals surface area contributed by atoms with Gasteiger partial charge in [-0.3, -0.25) is 0 Å². The van der Waals surface area contributed by atoms with E-state index in [1.807, 2.05) is 30.8 Å². The summed E-state index contributed by atoms with van der Waals surface area (Å²) in [4.78, 5) is 14.4. The highest BCUT2D eigenvalue weighted by Gasteiger charge is 2.25. The van der Waals surface area contributed by atoms with Crippen LogP contribution in [0.3, 0.4) is 0 Å². The molecule has 3 aromatic heterocycles.